The van der Waals surface area contributed by atoms with Gasteiger partial charge in [0, 0.05) is 43.5 Å². The Balaban J connectivity index is 2.07. The van der Waals surface area contributed by atoms with Gasteiger partial charge in [-0.25, -0.2) is 13.8 Å². The van der Waals surface area contributed by atoms with E-state index in [9.17, 15) is 13.6 Å². The maximum atomic E-state index is 14.4. The number of nitrogens with zero attached hydrogens (tertiary/aromatic N) is 4. The number of carbonyl (C=O) groups is 1. The molecule has 7 heteroatoms. The molecular formula is C18H14F2N4O. The number of pyridine rings is 1. The van der Waals surface area contributed by atoms with Crippen molar-refractivity contribution in [2.24, 2.45) is 0 Å². The summed E-state index contributed by atoms with van der Waals surface area (Å²) in [4.78, 5) is 25.9. The largest absolute Gasteiger partial charge is 0.329 e. The van der Waals surface area contributed by atoms with Gasteiger partial charge in [-0.2, -0.15) is 0 Å². The molecule has 5 nitrogen and oxygen atoms in total. The zero-order valence-electron chi connectivity index (χ0n) is 13.3. The van der Waals surface area contributed by atoms with E-state index in [1.54, 1.807) is 18.3 Å². The van der Waals surface area contributed by atoms with Gasteiger partial charge in [0.2, 0.25) is 0 Å². The van der Waals surface area contributed by atoms with Gasteiger partial charge in [0.05, 0.1) is 12.2 Å². The van der Waals surface area contributed by atoms with Crippen LogP contribution < -0.4 is 0 Å². The van der Waals surface area contributed by atoms with Crippen LogP contribution in [-0.4, -0.2) is 32.8 Å². The second-order valence-electron chi connectivity index (χ2n) is 5.36. The van der Waals surface area contributed by atoms with Crippen LogP contribution in [0.2, 0.25) is 0 Å². The van der Waals surface area contributed by atoms with E-state index in [-0.39, 0.29) is 11.3 Å². The molecule has 0 saturated heterocycles. The van der Waals surface area contributed by atoms with Crippen molar-refractivity contribution in [3.05, 3.63) is 89.8 Å². The second kappa shape index (κ2) is 7.12. The summed E-state index contributed by atoms with van der Waals surface area (Å²) in [6.07, 6.45) is 7.30. The zero-order valence-corrected chi connectivity index (χ0v) is 13.3. The average molecular weight is 340 g/mol. The van der Waals surface area contributed by atoms with Crippen molar-refractivity contribution in [2.75, 3.05) is 7.05 Å². The molecule has 0 fully saturated rings. The van der Waals surface area contributed by atoms with Crippen molar-refractivity contribution in [3.8, 4) is 0 Å². The molecule has 0 saturated carbocycles. The summed E-state index contributed by atoms with van der Waals surface area (Å²) in [5, 5.41) is 0. The highest BCUT2D eigenvalue weighted by molar-refractivity contribution is 5.92. The minimum Gasteiger partial charge on any atom is -0.329 e. The molecule has 1 amide bonds. The van der Waals surface area contributed by atoms with E-state index < -0.39 is 23.6 Å². The third-order valence-corrected chi connectivity index (χ3v) is 3.75. The van der Waals surface area contributed by atoms with Gasteiger partial charge in [-0.05, 0) is 17.7 Å². The normalized spacial score (nSPS) is 11.8. The maximum absolute atomic E-state index is 14.4. The van der Waals surface area contributed by atoms with Gasteiger partial charge in [-0.15, -0.1) is 0 Å². The van der Waals surface area contributed by atoms with Crippen LogP contribution in [0.15, 0.2) is 61.3 Å². The lowest BCUT2D eigenvalue weighted by Crippen LogP contribution is -2.33. The Kier molecular flexibility index (Phi) is 4.74. The predicted molar refractivity (Wildman–Crippen MR) is 86.6 cm³/mol. The Morgan fingerprint density at radius 3 is 2.52 bits per heavy atom. The van der Waals surface area contributed by atoms with Gasteiger partial charge in [0.25, 0.3) is 5.91 Å². The molecule has 0 aliphatic rings. The Labute approximate surface area is 143 Å². The van der Waals surface area contributed by atoms with Crippen LogP contribution in [0.3, 0.4) is 0 Å². The lowest BCUT2D eigenvalue weighted by Gasteiger charge is -2.29. The zero-order chi connectivity index (χ0) is 17.8. The van der Waals surface area contributed by atoms with Crippen molar-refractivity contribution < 1.29 is 13.6 Å². The van der Waals surface area contributed by atoms with Gasteiger partial charge >= 0.3 is 0 Å². The molecule has 3 aromatic rings. The molecule has 126 valence electrons. The highest BCUT2D eigenvalue weighted by Gasteiger charge is 2.28. The van der Waals surface area contributed by atoms with Gasteiger partial charge in [-0.3, -0.25) is 14.8 Å². The summed E-state index contributed by atoms with van der Waals surface area (Å²) < 4.78 is 27.7. The summed E-state index contributed by atoms with van der Waals surface area (Å²) in [6.45, 7) is 0. The Hall–Kier alpha value is -3.22. The van der Waals surface area contributed by atoms with Crippen LogP contribution in [0.25, 0.3) is 0 Å². The van der Waals surface area contributed by atoms with Crippen LogP contribution in [0.1, 0.15) is 27.7 Å². The monoisotopic (exact) mass is 340 g/mol. The van der Waals surface area contributed by atoms with E-state index in [1.165, 1.54) is 42.8 Å². The molecule has 0 spiro atoms. The summed E-state index contributed by atoms with van der Waals surface area (Å²) in [5.41, 5.74) is 0.878. The summed E-state index contributed by atoms with van der Waals surface area (Å²) in [7, 11) is 1.53. The van der Waals surface area contributed by atoms with Crippen molar-refractivity contribution in [2.45, 2.75) is 6.04 Å². The van der Waals surface area contributed by atoms with Crippen LogP contribution >= 0.6 is 0 Å². The fraction of sp³-hybridized carbons (Fsp3) is 0.111. The first kappa shape index (κ1) is 16.6. The van der Waals surface area contributed by atoms with Gasteiger partial charge in [0.1, 0.15) is 17.3 Å². The first-order valence-electron chi connectivity index (χ1n) is 7.46. The lowest BCUT2D eigenvalue weighted by atomic mass is 9.98. The Bertz CT molecular complexity index is 875. The molecular weight excluding hydrogens is 326 g/mol. The average Bonchev–Trinajstić information content (AvgIpc) is 2.64. The highest BCUT2D eigenvalue weighted by Crippen LogP contribution is 2.30. The third-order valence-electron chi connectivity index (χ3n) is 3.75. The van der Waals surface area contributed by atoms with E-state index in [0.29, 0.717) is 5.56 Å². The first-order valence-corrected chi connectivity index (χ1v) is 7.46. The van der Waals surface area contributed by atoms with Crippen LogP contribution in [0, 0.1) is 11.6 Å². The molecule has 0 aliphatic heterocycles. The minimum absolute atomic E-state index is 0.126. The van der Waals surface area contributed by atoms with Crippen LogP contribution in [0.5, 0.6) is 0 Å². The topological polar surface area (TPSA) is 59.0 Å². The van der Waals surface area contributed by atoms with Crippen molar-refractivity contribution >= 4 is 5.91 Å². The van der Waals surface area contributed by atoms with E-state index in [1.807, 2.05) is 0 Å². The number of hydrogen-bond donors (Lipinski definition) is 0. The molecule has 1 aromatic carbocycles. The summed E-state index contributed by atoms with van der Waals surface area (Å²) in [6, 6.07) is 5.89. The molecule has 1 atom stereocenters. The van der Waals surface area contributed by atoms with Crippen LogP contribution in [0.4, 0.5) is 8.78 Å². The number of hydrogen-bond acceptors (Lipinski definition) is 4. The smallest absolute Gasteiger partial charge is 0.274 e. The number of carbonyl (C=O) groups excluding carboxylic acids is 1. The molecule has 0 aliphatic carbocycles. The molecule has 3 rings (SSSR count). The quantitative estimate of drug-likeness (QED) is 0.732. The third kappa shape index (κ3) is 3.50. The first-order chi connectivity index (χ1) is 12.1. The number of halogens is 2. The van der Waals surface area contributed by atoms with E-state index >= 15 is 0 Å². The molecule has 0 radical (unpaired) electrons. The lowest BCUT2D eigenvalue weighted by molar-refractivity contribution is 0.0746. The van der Waals surface area contributed by atoms with Crippen molar-refractivity contribution in [1.29, 1.82) is 0 Å². The summed E-state index contributed by atoms with van der Waals surface area (Å²) >= 11 is 0. The standard InChI is InChI=1S/C18H14F2N4O/c1-24(18(25)16-11-22-7-8-23-16)17(12-3-2-6-21-10-12)14-5-4-13(19)9-15(14)20/h2-11,17H,1H3/t17-/m1/s1. The van der Waals surface area contributed by atoms with Crippen molar-refractivity contribution in [3.63, 3.8) is 0 Å². The number of rotatable bonds is 4. The summed E-state index contributed by atoms with van der Waals surface area (Å²) in [5.74, 6) is -1.87. The maximum Gasteiger partial charge on any atom is 0.274 e. The Morgan fingerprint density at radius 1 is 1.08 bits per heavy atom. The number of benzene rings is 1. The number of aromatic nitrogens is 3. The molecule has 0 N–H and O–H groups in total. The SMILES string of the molecule is CN(C(=O)c1cnccn1)[C@H](c1cccnc1)c1ccc(F)cc1F. The van der Waals surface area contributed by atoms with Gasteiger partial charge in [-0.1, -0.05) is 12.1 Å². The molecule has 25 heavy (non-hydrogen) atoms. The molecule has 2 aromatic heterocycles. The number of amides is 1. The van der Waals surface area contributed by atoms with Gasteiger partial charge in [0.15, 0.2) is 0 Å². The van der Waals surface area contributed by atoms with Gasteiger partial charge < -0.3 is 4.90 Å². The van der Waals surface area contributed by atoms with E-state index in [4.69, 9.17) is 0 Å². The van der Waals surface area contributed by atoms with E-state index in [0.717, 1.165) is 12.1 Å². The van der Waals surface area contributed by atoms with E-state index in [2.05, 4.69) is 15.0 Å². The fourth-order valence-electron chi connectivity index (χ4n) is 2.58. The molecule has 2 heterocycles. The predicted octanol–water partition coefficient (Wildman–Crippen LogP) is 3.01. The molecule has 0 bridgehead atoms. The fourth-order valence-corrected chi connectivity index (χ4v) is 2.58. The highest BCUT2D eigenvalue weighted by atomic mass is 19.1. The second-order valence-corrected chi connectivity index (χ2v) is 5.36. The van der Waals surface area contributed by atoms with Crippen LogP contribution in [-0.2, 0) is 0 Å². The minimum atomic E-state index is -0.788. The Morgan fingerprint density at radius 2 is 1.88 bits per heavy atom. The van der Waals surface area contributed by atoms with Crippen molar-refractivity contribution in [1.82, 2.24) is 19.9 Å². The molecule has 0 unspecified atom stereocenters.